The molecule has 0 bridgehead atoms. The monoisotopic (exact) mass is 261 g/mol. The van der Waals surface area contributed by atoms with Gasteiger partial charge in [-0.3, -0.25) is 0 Å². The van der Waals surface area contributed by atoms with Crippen LogP contribution in [-0.2, 0) is 0 Å². The molecule has 0 radical (unpaired) electrons. The lowest BCUT2D eigenvalue weighted by Crippen LogP contribution is -2.32. The fraction of sp³-hybridized carbons (Fsp3) is 0.538. The Kier molecular flexibility index (Phi) is 6.68. The first-order valence-corrected chi connectivity index (χ1v) is 5.67. The summed E-state index contributed by atoms with van der Waals surface area (Å²) in [6, 6.07) is 3.98. The molecule has 1 aromatic carbocycles. The first kappa shape index (κ1) is 16.4. The average molecular weight is 262 g/mol. The number of hydrogen-bond donors (Lipinski definition) is 2. The number of rotatable bonds is 4. The molecule has 0 heterocycles. The van der Waals surface area contributed by atoms with E-state index in [0.717, 1.165) is 12.0 Å². The highest BCUT2D eigenvalue weighted by Crippen LogP contribution is 2.24. The number of aryl methyl sites for hydroxylation is 1. The molecule has 0 fully saturated rings. The molecule has 98 valence electrons. The molecular weight excluding hydrogens is 241 g/mol. The number of nitrogens with two attached hydrogens (primary N) is 1. The van der Waals surface area contributed by atoms with Crippen LogP contribution in [0.2, 0.25) is 0 Å². The van der Waals surface area contributed by atoms with Gasteiger partial charge >= 0.3 is 0 Å². The summed E-state index contributed by atoms with van der Waals surface area (Å²) >= 11 is 0. The number of hydrogen-bond acceptors (Lipinski definition) is 2. The van der Waals surface area contributed by atoms with Crippen LogP contribution in [0.15, 0.2) is 18.2 Å². The minimum absolute atomic E-state index is 0. The molecule has 1 unspecified atom stereocenters. The van der Waals surface area contributed by atoms with Crippen molar-refractivity contribution in [3.8, 4) is 0 Å². The lowest BCUT2D eigenvalue weighted by molar-refractivity contribution is 0.0877. The van der Waals surface area contributed by atoms with E-state index in [2.05, 4.69) is 0 Å². The molecule has 1 aromatic rings. The van der Waals surface area contributed by atoms with Gasteiger partial charge in [0.05, 0.1) is 12.1 Å². The Bertz CT molecular complexity index is 359. The Labute approximate surface area is 108 Å². The molecule has 3 N–H and O–H groups in total. The summed E-state index contributed by atoms with van der Waals surface area (Å²) in [5.74, 6) is -0.204. The summed E-state index contributed by atoms with van der Waals surface area (Å²) in [6.07, 6.45) is 0.217. The quantitative estimate of drug-likeness (QED) is 0.875. The zero-order valence-electron chi connectivity index (χ0n) is 10.5. The van der Waals surface area contributed by atoms with Crippen molar-refractivity contribution in [2.75, 3.05) is 0 Å². The van der Waals surface area contributed by atoms with Gasteiger partial charge < -0.3 is 10.8 Å². The third-order valence-corrected chi connectivity index (χ3v) is 3.20. The Morgan fingerprint density at radius 2 is 2.00 bits per heavy atom. The van der Waals surface area contributed by atoms with Crippen molar-refractivity contribution >= 4 is 12.4 Å². The highest BCUT2D eigenvalue weighted by molar-refractivity contribution is 5.85. The second-order valence-electron chi connectivity index (χ2n) is 4.40. The van der Waals surface area contributed by atoms with Crippen LogP contribution in [-0.4, -0.2) is 11.2 Å². The number of aliphatic hydroxyl groups excluding tert-OH is 1. The smallest absolute Gasteiger partial charge is 0.123 e. The molecular formula is C13H21ClFNO. The van der Waals surface area contributed by atoms with Gasteiger partial charge in [-0.25, -0.2) is 4.39 Å². The van der Waals surface area contributed by atoms with E-state index in [1.165, 1.54) is 12.1 Å². The molecule has 0 saturated carbocycles. The molecule has 0 aliphatic carbocycles. The van der Waals surface area contributed by atoms with Gasteiger partial charge in [0.2, 0.25) is 0 Å². The maximum atomic E-state index is 13.1. The van der Waals surface area contributed by atoms with E-state index < -0.39 is 12.1 Å². The first-order valence-electron chi connectivity index (χ1n) is 5.67. The van der Waals surface area contributed by atoms with Crippen LogP contribution in [0.25, 0.3) is 0 Å². The number of halogens is 2. The van der Waals surface area contributed by atoms with Gasteiger partial charge in [-0.1, -0.05) is 26.3 Å². The van der Waals surface area contributed by atoms with Crippen molar-refractivity contribution in [2.24, 2.45) is 11.7 Å². The SMILES string of the molecule is CCC(C)[C@@H](O)[C@@H](N)c1cc(F)ccc1C.Cl. The molecule has 0 saturated heterocycles. The molecule has 0 spiro atoms. The maximum absolute atomic E-state index is 13.1. The fourth-order valence-electron chi connectivity index (χ4n) is 1.75. The minimum Gasteiger partial charge on any atom is -0.391 e. The van der Waals surface area contributed by atoms with Crippen molar-refractivity contribution < 1.29 is 9.50 Å². The number of benzene rings is 1. The third-order valence-electron chi connectivity index (χ3n) is 3.20. The van der Waals surface area contributed by atoms with Crippen molar-refractivity contribution in [3.05, 3.63) is 35.1 Å². The molecule has 4 heteroatoms. The average Bonchev–Trinajstić information content (AvgIpc) is 2.29. The van der Waals surface area contributed by atoms with Crippen LogP contribution < -0.4 is 5.73 Å². The molecule has 0 aliphatic rings. The van der Waals surface area contributed by atoms with Crippen molar-refractivity contribution in [3.63, 3.8) is 0 Å². The summed E-state index contributed by atoms with van der Waals surface area (Å²) in [5, 5.41) is 10.0. The van der Waals surface area contributed by atoms with E-state index in [9.17, 15) is 9.50 Å². The predicted octanol–water partition coefficient (Wildman–Crippen LogP) is 2.96. The molecule has 1 rings (SSSR count). The molecule has 0 amide bonds. The van der Waals surface area contributed by atoms with Crippen LogP contribution >= 0.6 is 12.4 Å². The van der Waals surface area contributed by atoms with Crippen LogP contribution in [0.5, 0.6) is 0 Å². The Morgan fingerprint density at radius 1 is 1.41 bits per heavy atom. The predicted molar refractivity (Wildman–Crippen MR) is 70.8 cm³/mol. The van der Waals surface area contributed by atoms with Gasteiger partial charge in [-0.2, -0.15) is 0 Å². The van der Waals surface area contributed by atoms with Crippen molar-refractivity contribution in [1.29, 1.82) is 0 Å². The Balaban J connectivity index is 0.00000256. The van der Waals surface area contributed by atoms with E-state index in [0.29, 0.717) is 5.56 Å². The molecule has 2 nitrogen and oxygen atoms in total. The highest BCUT2D eigenvalue weighted by atomic mass is 35.5. The van der Waals surface area contributed by atoms with E-state index in [4.69, 9.17) is 5.73 Å². The van der Waals surface area contributed by atoms with Crippen molar-refractivity contribution in [2.45, 2.75) is 39.3 Å². The van der Waals surface area contributed by atoms with Crippen LogP contribution in [0.1, 0.15) is 37.4 Å². The summed E-state index contributed by atoms with van der Waals surface area (Å²) in [4.78, 5) is 0. The van der Waals surface area contributed by atoms with Crippen LogP contribution in [0.4, 0.5) is 4.39 Å². The van der Waals surface area contributed by atoms with Gasteiger partial charge in [0.1, 0.15) is 5.82 Å². The zero-order chi connectivity index (χ0) is 12.3. The molecule has 0 aromatic heterocycles. The fourth-order valence-corrected chi connectivity index (χ4v) is 1.75. The summed E-state index contributed by atoms with van der Waals surface area (Å²) in [6.45, 7) is 5.82. The Morgan fingerprint density at radius 3 is 2.53 bits per heavy atom. The molecule has 17 heavy (non-hydrogen) atoms. The summed E-state index contributed by atoms with van der Waals surface area (Å²) < 4.78 is 13.1. The topological polar surface area (TPSA) is 46.2 Å². The number of aliphatic hydroxyl groups is 1. The summed E-state index contributed by atoms with van der Waals surface area (Å²) in [7, 11) is 0. The highest BCUT2D eigenvalue weighted by Gasteiger charge is 2.23. The minimum atomic E-state index is -0.634. The Hall–Kier alpha value is -0.640. The van der Waals surface area contributed by atoms with Crippen LogP contribution in [0.3, 0.4) is 0 Å². The normalized spacial score (nSPS) is 15.9. The van der Waals surface area contributed by atoms with Crippen molar-refractivity contribution in [1.82, 2.24) is 0 Å². The van der Waals surface area contributed by atoms with E-state index in [1.807, 2.05) is 20.8 Å². The molecule has 3 atom stereocenters. The van der Waals surface area contributed by atoms with E-state index in [1.54, 1.807) is 6.07 Å². The van der Waals surface area contributed by atoms with Gasteiger partial charge in [-0.05, 0) is 36.1 Å². The molecule has 0 aliphatic heterocycles. The second kappa shape index (κ2) is 6.94. The largest absolute Gasteiger partial charge is 0.391 e. The maximum Gasteiger partial charge on any atom is 0.123 e. The van der Waals surface area contributed by atoms with Gasteiger partial charge in [0, 0.05) is 0 Å². The lowest BCUT2D eigenvalue weighted by atomic mass is 9.89. The lowest BCUT2D eigenvalue weighted by Gasteiger charge is -2.25. The second-order valence-corrected chi connectivity index (χ2v) is 4.40. The van der Waals surface area contributed by atoms with Gasteiger partial charge in [0.25, 0.3) is 0 Å². The summed E-state index contributed by atoms with van der Waals surface area (Å²) in [5.41, 5.74) is 7.57. The zero-order valence-corrected chi connectivity index (χ0v) is 11.3. The van der Waals surface area contributed by atoms with Crippen LogP contribution in [0, 0.1) is 18.7 Å². The standard InChI is InChI=1S/C13H20FNO.ClH/c1-4-8(2)13(16)12(15)11-7-10(14)6-5-9(11)3;/h5-8,12-13,16H,4,15H2,1-3H3;1H/t8?,12-,13+;/m0./s1. The van der Waals surface area contributed by atoms with Gasteiger partial charge in [0.15, 0.2) is 0 Å². The third kappa shape index (κ3) is 3.95. The van der Waals surface area contributed by atoms with E-state index >= 15 is 0 Å². The first-order chi connectivity index (χ1) is 7.47. The van der Waals surface area contributed by atoms with Gasteiger partial charge in [-0.15, -0.1) is 12.4 Å². The van der Waals surface area contributed by atoms with E-state index in [-0.39, 0.29) is 24.1 Å².